The number of carbonyl (C=O) groups excluding carboxylic acids is 1. The molecule has 128 valence electrons. The quantitative estimate of drug-likeness (QED) is 0.836. The van der Waals surface area contributed by atoms with E-state index in [1.807, 2.05) is 23.1 Å². The first-order valence-electron chi connectivity index (χ1n) is 7.93. The van der Waals surface area contributed by atoms with Gasteiger partial charge in [-0.15, -0.1) is 0 Å². The van der Waals surface area contributed by atoms with Crippen LogP contribution in [0.5, 0.6) is 11.5 Å². The second-order valence-corrected chi connectivity index (χ2v) is 5.79. The lowest BCUT2D eigenvalue weighted by molar-refractivity contribution is -0.131. The van der Waals surface area contributed by atoms with Crippen LogP contribution in [0.25, 0.3) is 0 Å². The molecule has 7 heteroatoms. The van der Waals surface area contributed by atoms with Gasteiger partial charge in [-0.3, -0.25) is 4.79 Å². The maximum atomic E-state index is 12.7. The van der Waals surface area contributed by atoms with Crippen molar-refractivity contribution in [3.8, 4) is 11.5 Å². The van der Waals surface area contributed by atoms with Crippen molar-refractivity contribution in [1.82, 2.24) is 15.0 Å². The van der Waals surface area contributed by atoms with Crippen LogP contribution in [0.4, 0.5) is 0 Å². The van der Waals surface area contributed by atoms with Gasteiger partial charge in [-0.25, -0.2) is 0 Å². The minimum atomic E-state index is -0.126. The van der Waals surface area contributed by atoms with E-state index >= 15 is 0 Å². The Balaban J connectivity index is 1.74. The summed E-state index contributed by atoms with van der Waals surface area (Å²) in [6.45, 7) is 2.48. The van der Waals surface area contributed by atoms with E-state index < -0.39 is 0 Å². The summed E-state index contributed by atoms with van der Waals surface area (Å²) >= 11 is 0. The molecule has 1 aromatic heterocycles. The number of aryl methyl sites for hydroxylation is 1. The standard InChI is InChI=1S/C17H21N3O4/c1-11-18-17(24-19-11)13-5-4-8-20(13)16(21)10-12-6-7-14(22-2)15(9-12)23-3/h6-7,9,13H,4-5,8,10H2,1-3H3. The van der Waals surface area contributed by atoms with E-state index in [4.69, 9.17) is 14.0 Å². The number of carbonyl (C=O) groups is 1. The third kappa shape index (κ3) is 3.20. The van der Waals surface area contributed by atoms with Crippen molar-refractivity contribution in [2.75, 3.05) is 20.8 Å². The van der Waals surface area contributed by atoms with Crippen molar-refractivity contribution in [1.29, 1.82) is 0 Å². The molecule has 1 aliphatic rings. The molecular formula is C17H21N3O4. The van der Waals surface area contributed by atoms with Crippen LogP contribution < -0.4 is 9.47 Å². The first-order valence-corrected chi connectivity index (χ1v) is 7.93. The Kier molecular flexibility index (Phi) is 4.69. The molecule has 2 heterocycles. The van der Waals surface area contributed by atoms with Crippen LogP contribution >= 0.6 is 0 Å². The van der Waals surface area contributed by atoms with Crippen molar-refractivity contribution in [2.45, 2.75) is 32.2 Å². The lowest BCUT2D eigenvalue weighted by Crippen LogP contribution is -2.32. The van der Waals surface area contributed by atoms with Crippen LogP contribution in [-0.2, 0) is 11.2 Å². The Labute approximate surface area is 140 Å². The fraction of sp³-hybridized carbons (Fsp3) is 0.471. The number of hydrogen-bond acceptors (Lipinski definition) is 6. The number of methoxy groups -OCH3 is 2. The zero-order valence-electron chi connectivity index (χ0n) is 14.1. The van der Waals surface area contributed by atoms with Crippen LogP contribution in [-0.4, -0.2) is 41.7 Å². The largest absolute Gasteiger partial charge is 0.493 e. The second kappa shape index (κ2) is 6.90. The van der Waals surface area contributed by atoms with Crippen molar-refractivity contribution in [3.05, 3.63) is 35.5 Å². The van der Waals surface area contributed by atoms with Crippen LogP contribution in [0.15, 0.2) is 22.7 Å². The number of ether oxygens (including phenoxy) is 2. The fourth-order valence-corrected chi connectivity index (χ4v) is 3.04. The third-order valence-electron chi connectivity index (χ3n) is 4.20. The molecule has 1 fully saturated rings. The SMILES string of the molecule is COc1ccc(CC(=O)N2CCCC2c2nc(C)no2)cc1OC. The van der Waals surface area contributed by atoms with Crippen LogP contribution in [0.2, 0.25) is 0 Å². The number of nitrogens with zero attached hydrogens (tertiary/aromatic N) is 3. The van der Waals surface area contributed by atoms with Crippen molar-refractivity contribution in [3.63, 3.8) is 0 Å². The van der Waals surface area contributed by atoms with Crippen molar-refractivity contribution >= 4 is 5.91 Å². The molecule has 0 radical (unpaired) electrons. The zero-order valence-corrected chi connectivity index (χ0v) is 14.1. The van der Waals surface area contributed by atoms with E-state index in [-0.39, 0.29) is 11.9 Å². The molecule has 0 saturated carbocycles. The Morgan fingerprint density at radius 2 is 2.12 bits per heavy atom. The van der Waals surface area contributed by atoms with Crippen LogP contribution in [0.3, 0.4) is 0 Å². The maximum Gasteiger partial charge on any atom is 0.249 e. The molecule has 0 spiro atoms. The molecule has 0 bridgehead atoms. The molecule has 7 nitrogen and oxygen atoms in total. The Morgan fingerprint density at radius 3 is 2.79 bits per heavy atom. The van der Waals surface area contributed by atoms with E-state index in [9.17, 15) is 4.79 Å². The topological polar surface area (TPSA) is 77.7 Å². The molecule has 0 aliphatic carbocycles. The smallest absolute Gasteiger partial charge is 0.249 e. The highest BCUT2D eigenvalue weighted by Gasteiger charge is 2.33. The summed E-state index contributed by atoms with van der Waals surface area (Å²) in [5.41, 5.74) is 0.880. The summed E-state index contributed by atoms with van der Waals surface area (Å²) in [5.74, 6) is 2.41. The van der Waals surface area contributed by atoms with Crippen molar-refractivity contribution in [2.24, 2.45) is 0 Å². The predicted octanol–water partition coefficient (Wildman–Crippen LogP) is 2.30. The molecule has 2 aromatic rings. The predicted molar refractivity (Wildman–Crippen MR) is 86.0 cm³/mol. The minimum absolute atomic E-state index is 0.0422. The Hall–Kier alpha value is -2.57. The molecule has 3 rings (SSSR count). The van der Waals surface area contributed by atoms with Crippen molar-refractivity contribution < 1.29 is 18.8 Å². The summed E-state index contributed by atoms with van der Waals surface area (Å²) in [6, 6.07) is 5.39. The minimum Gasteiger partial charge on any atom is -0.493 e. The molecular weight excluding hydrogens is 310 g/mol. The van der Waals surface area contributed by atoms with Gasteiger partial charge in [0.2, 0.25) is 11.8 Å². The number of likely N-dealkylation sites (tertiary alicyclic amines) is 1. The molecule has 1 atom stereocenters. The Bertz CT molecular complexity index is 728. The van der Waals surface area contributed by atoms with Gasteiger partial charge in [0.25, 0.3) is 0 Å². The average Bonchev–Trinajstić information content (AvgIpc) is 3.23. The summed E-state index contributed by atoms with van der Waals surface area (Å²) in [7, 11) is 3.17. The highest BCUT2D eigenvalue weighted by Crippen LogP contribution is 2.32. The Morgan fingerprint density at radius 1 is 1.33 bits per heavy atom. The molecule has 1 aliphatic heterocycles. The molecule has 1 unspecified atom stereocenters. The number of amides is 1. The summed E-state index contributed by atoms with van der Waals surface area (Å²) in [6.07, 6.45) is 2.08. The fourth-order valence-electron chi connectivity index (χ4n) is 3.04. The molecule has 1 aromatic carbocycles. The lowest BCUT2D eigenvalue weighted by atomic mass is 10.1. The number of hydrogen-bond donors (Lipinski definition) is 0. The highest BCUT2D eigenvalue weighted by molar-refractivity contribution is 5.79. The molecule has 1 saturated heterocycles. The average molecular weight is 331 g/mol. The normalized spacial score (nSPS) is 17.1. The van der Waals surface area contributed by atoms with E-state index in [1.54, 1.807) is 21.1 Å². The molecule has 0 N–H and O–H groups in total. The summed E-state index contributed by atoms with van der Waals surface area (Å²) in [4.78, 5) is 18.8. The lowest BCUT2D eigenvalue weighted by Gasteiger charge is -2.22. The van der Waals surface area contributed by atoms with E-state index in [1.165, 1.54) is 0 Å². The summed E-state index contributed by atoms with van der Waals surface area (Å²) in [5, 5.41) is 3.83. The van der Waals surface area contributed by atoms with Crippen LogP contribution in [0, 0.1) is 6.92 Å². The van der Waals surface area contributed by atoms with Gasteiger partial charge in [-0.1, -0.05) is 11.2 Å². The van der Waals surface area contributed by atoms with Gasteiger partial charge in [0.15, 0.2) is 17.3 Å². The molecule has 24 heavy (non-hydrogen) atoms. The monoisotopic (exact) mass is 331 g/mol. The van der Waals surface area contributed by atoms with Gasteiger partial charge in [0.05, 0.1) is 20.6 Å². The summed E-state index contributed by atoms with van der Waals surface area (Å²) < 4.78 is 15.8. The highest BCUT2D eigenvalue weighted by atomic mass is 16.5. The molecule has 1 amide bonds. The third-order valence-corrected chi connectivity index (χ3v) is 4.20. The zero-order chi connectivity index (χ0) is 17.1. The first kappa shape index (κ1) is 16.3. The van der Waals surface area contributed by atoms with Gasteiger partial charge in [-0.2, -0.15) is 4.98 Å². The maximum absolute atomic E-state index is 12.7. The van der Waals surface area contributed by atoms with Gasteiger partial charge in [0.1, 0.15) is 6.04 Å². The second-order valence-electron chi connectivity index (χ2n) is 5.79. The van der Waals surface area contributed by atoms with Gasteiger partial charge in [-0.05, 0) is 37.5 Å². The van der Waals surface area contributed by atoms with Crippen LogP contribution in [0.1, 0.15) is 36.2 Å². The number of benzene rings is 1. The van der Waals surface area contributed by atoms with E-state index in [2.05, 4.69) is 10.1 Å². The van der Waals surface area contributed by atoms with Gasteiger partial charge in [0, 0.05) is 6.54 Å². The number of aromatic nitrogens is 2. The first-order chi connectivity index (χ1) is 11.6. The van der Waals surface area contributed by atoms with Gasteiger partial charge >= 0.3 is 0 Å². The van der Waals surface area contributed by atoms with E-state index in [0.29, 0.717) is 36.2 Å². The van der Waals surface area contributed by atoms with Gasteiger partial charge < -0.3 is 18.9 Å². The van der Waals surface area contributed by atoms with E-state index in [0.717, 1.165) is 18.4 Å². The number of rotatable bonds is 5.